The van der Waals surface area contributed by atoms with Crippen molar-refractivity contribution in [2.24, 2.45) is 10.9 Å². The largest absolute Gasteiger partial charge is 0.389 e. The first-order chi connectivity index (χ1) is 8.81. The van der Waals surface area contributed by atoms with Crippen LogP contribution in [0, 0.1) is 0 Å². The molecule has 0 aliphatic heterocycles. The number of nitrogens with two attached hydrogens (primary N) is 1. The molecule has 0 atom stereocenters. The quantitative estimate of drug-likeness (QED) is 0.495. The average Bonchev–Trinajstić information content (AvgIpc) is 2.28. The lowest BCUT2D eigenvalue weighted by atomic mass is 10.2. The predicted octanol–water partition coefficient (Wildman–Crippen LogP) is 1.95. The molecule has 0 aromatic heterocycles. The highest BCUT2D eigenvalue weighted by Gasteiger charge is 2.18. The van der Waals surface area contributed by atoms with Gasteiger partial charge in [0.2, 0.25) is 0 Å². The summed E-state index contributed by atoms with van der Waals surface area (Å²) in [6.07, 6.45) is 0. The van der Waals surface area contributed by atoms with Gasteiger partial charge in [-0.25, -0.2) is 8.42 Å². The topological polar surface area (TPSA) is 81.8 Å². The normalized spacial score (nSPS) is 12.7. The molecule has 0 saturated carbocycles. The Morgan fingerprint density at radius 3 is 2.74 bits per heavy atom. The Kier molecular flexibility index (Phi) is 5.62. The molecule has 0 bridgehead atoms. The highest BCUT2D eigenvalue weighted by molar-refractivity contribution is 7.92. The molecule has 0 aliphatic carbocycles. The zero-order valence-corrected chi connectivity index (χ0v) is 12.4. The number of benzene rings is 1. The lowest BCUT2D eigenvalue weighted by Crippen LogP contribution is -2.28. The van der Waals surface area contributed by atoms with Crippen LogP contribution in [0.2, 0.25) is 5.02 Å². The number of nitrogens with zero attached hydrogens (tertiary/aromatic N) is 1. The Hall–Kier alpha value is -1.27. The van der Waals surface area contributed by atoms with E-state index in [1.807, 2.05) is 6.07 Å². The second kappa shape index (κ2) is 6.77. The molecule has 1 aromatic rings. The number of rotatable bonds is 6. The third-order valence-electron chi connectivity index (χ3n) is 2.37. The van der Waals surface area contributed by atoms with Gasteiger partial charge in [-0.3, -0.25) is 0 Å². The number of sulfone groups is 1. The van der Waals surface area contributed by atoms with Crippen molar-refractivity contribution >= 4 is 27.3 Å². The molecule has 0 spiro atoms. The zero-order valence-electron chi connectivity index (χ0n) is 10.8. The van der Waals surface area contributed by atoms with Crippen LogP contribution in [0.1, 0.15) is 19.4 Å². The molecule has 106 valence electrons. The Morgan fingerprint density at radius 2 is 2.16 bits per heavy atom. The van der Waals surface area contributed by atoms with E-state index in [2.05, 4.69) is 5.16 Å². The Balaban J connectivity index is 2.53. The summed E-state index contributed by atoms with van der Waals surface area (Å²) in [6, 6.07) is 7.09. The summed E-state index contributed by atoms with van der Waals surface area (Å²) in [7, 11) is -3.26. The molecule has 1 aromatic carbocycles. The van der Waals surface area contributed by atoms with Crippen LogP contribution in [0.4, 0.5) is 0 Å². The summed E-state index contributed by atoms with van der Waals surface area (Å²) in [5.74, 6) is -0.365. The van der Waals surface area contributed by atoms with E-state index in [1.54, 1.807) is 32.0 Å². The zero-order chi connectivity index (χ0) is 14.5. The Bertz CT molecular complexity index is 556. The molecule has 7 heteroatoms. The number of halogens is 1. The Morgan fingerprint density at radius 1 is 1.47 bits per heavy atom. The van der Waals surface area contributed by atoms with E-state index in [9.17, 15) is 8.42 Å². The minimum atomic E-state index is -3.26. The molecule has 0 fully saturated rings. The summed E-state index contributed by atoms with van der Waals surface area (Å²) in [5.41, 5.74) is 6.34. The molecular formula is C12H17ClN2O3S. The molecule has 19 heavy (non-hydrogen) atoms. The van der Waals surface area contributed by atoms with Crippen molar-refractivity contribution in [1.29, 1.82) is 0 Å². The van der Waals surface area contributed by atoms with Gasteiger partial charge in [0.15, 0.2) is 15.7 Å². The van der Waals surface area contributed by atoms with Crippen LogP contribution in [-0.4, -0.2) is 25.3 Å². The van der Waals surface area contributed by atoms with Crippen LogP contribution in [0.3, 0.4) is 0 Å². The average molecular weight is 305 g/mol. The first-order valence-corrected chi connectivity index (χ1v) is 7.81. The van der Waals surface area contributed by atoms with E-state index in [0.29, 0.717) is 5.02 Å². The minimum Gasteiger partial charge on any atom is -0.389 e. The van der Waals surface area contributed by atoms with Crippen LogP contribution < -0.4 is 5.73 Å². The van der Waals surface area contributed by atoms with Crippen molar-refractivity contribution in [3.05, 3.63) is 34.9 Å². The van der Waals surface area contributed by atoms with Crippen molar-refractivity contribution in [3.8, 4) is 0 Å². The van der Waals surface area contributed by atoms with Gasteiger partial charge in [0.1, 0.15) is 12.4 Å². The molecule has 0 amide bonds. The molecule has 0 saturated heterocycles. The number of hydrogen-bond acceptors (Lipinski definition) is 4. The molecular weight excluding hydrogens is 288 g/mol. The van der Waals surface area contributed by atoms with Gasteiger partial charge in [0.05, 0.1) is 5.25 Å². The SMILES string of the molecule is CC(C)S(=O)(=O)C/C(N)=N/OCc1cccc(Cl)c1. The van der Waals surface area contributed by atoms with E-state index in [1.165, 1.54) is 0 Å². The van der Waals surface area contributed by atoms with E-state index in [-0.39, 0.29) is 18.2 Å². The molecule has 2 N–H and O–H groups in total. The van der Waals surface area contributed by atoms with Crippen molar-refractivity contribution in [3.63, 3.8) is 0 Å². The molecule has 1 rings (SSSR count). The number of amidine groups is 1. The van der Waals surface area contributed by atoms with Gasteiger partial charge in [-0.15, -0.1) is 0 Å². The van der Waals surface area contributed by atoms with Crippen LogP contribution in [-0.2, 0) is 21.3 Å². The van der Waals surface area contributed by atoms with E-state index < -0.39 is 15.1 Å². The second-order valence-corrected chi connectivity index (χ2v) is 7.34. The molecule has 0 aliphatic rings. The molecule has 0 unspecified atom stereocenters. The van der Waals surface area contributed by atoms with Crippen LogP contribution >= 0.6 is 11.6 Å². The highest BCUT2D eigenvalue weighted by atomic mass is 35.5. The predicted molar refractivity (Wildman–Crippen MR) is 76.8 cm³/mol. The van der Waals surface area contributed by atoms with Gasteiger partial charge in [-0.05, 0) is 31.5 Å². The summed E-state index contributed by atoms with van der Waals surface area (Å²) in [6.45, 7) is 3.37. The van der Waals surface area contributed by atoms with Crippen molar-refractivity contribution in [2.75, 3.05) is 5.75 Å². The lowest BCUT2D eigenvalue weighted by Gasteiger charge is -2.07. The smallest absolute Gasteiger partial charge is 0.159 e. The van der Waals surface area contributed by atoms with E-state index >= 15 is 0 Å². The maximum absolute atomic E-state index is 11.6. The van der Waals surface area contributed by atoms with Gasteiger partial charge < -0.3 is 10.6 Å². The van der Waals surface area contributed by atoms with Gasteiger partial charge in [0.25, 0.3) is 0 Å². The van der Waals surface area contributed by atoms with Gasteiger partial charge in [-0.1, -0.05) is 28.9 Å². The molecule has 0 radical (unpaired) electrons. The fraction of sp³-hybridized carbons (Fsp3) is 0.417. The summed E-state index contributed by atoms with van der Waals surface area (Å²) < 4.78 is 23.2. The third-order valence-corrected chi connectivity index (χ3v) is 4.74. The van der Waals surface area contributed by atoms with Crippen LogP contribution in [0.15, 0.2) is 29.4 Å². The first kappa shape index (κ1) is 15.8. The fourth-order valence-electron chi connectivity index (χ4n) is 1.22. The van der Waals surface area contributed by atoms with Crippen molar-refractivity contribution in [2.45, 2.75) is 25.7 Å². The third kappa shape index (κ3) is 5.48. The van der Waals surface area contributed by atoms with Crippen LogP contribution in [0.25, 0.3) is 0 Å². The first-order valence-electron chi connectivity index (χ1n) is 5.71. The standard InChI is InChI=1S/C12H17ClN2O3S/c1-9(2)19(16,17)8-12(14)15-18-7-10-4-3-5-11(13)6-10/h3-6,9H,7-8H2,1-2H3,(H2,14,15). The summed E-state index contributed by atoms with van der Waals surface area (Å²) in [5, 5.41) is 3.69. The van der Waals surface area contributed by atoms with E-state index in [0.717, 1.165) is 5.56 Å². The van der Waals surface area contributed by atoms with Gasteiger partial charge in [-0.2, -0.15) is 0 Å². The molecule has 0 heterocycles. The maximum atomic E-state index is 11.6. The van der Waals surface area contributed by atoms with Crippen LogP contribution in [0.5, 0.6) is 0 Å². The van der Waals surface area contributed by atoms with Gasteiger partial charge >= 0.3 is 0 Å². The fourth-order valence-corrected chi connectivity index (χ4v) is 2.23. The Labute approximate surface area is 118 Å². The van der Waals surface area contributed by atoms with E-state index in [4.69, 9.17) is 22.2 Å². The lowest BCUT2D eigenvalue weighted by molar-refractivity contribution is 0.130. The monoisotopic (exact) mass is 304 g/mol. The highest BCUT2D eigenvalue weighted by Crippen LogP contribution is 2.11. The minimum absolute atomic E-state index is 0.0595. The number of oxime groups is 1. The molecule has 5 nitrogen and oxygen atoms in total. The summed E-state index contributed by atoms with van der Waals surface area (Å²) in [4.78, 5) is 5.00. The maximum Gasteiger partial charge on any atom is 0.159 e. The van der Waals surface area contributed by atoms with Crippen molar-refractivity contribution < 1.29 is 13.3 Å². The second-order valence-electron chi connectivity index (χ2n) is 4.34. The number of hydrogen-bond donors (Lipinski definition) is 1. The van der Waals surface area contributed by atoms with Crippen molar-refractivity contribution in [1.82, 2.24) is 0 Å². The van der Waals surface area contributed by atoms with Gasteiger partial charge in [0, 0.05) is 5.02 Å². The summed E-state index contributed by atoms with van der Waals surface area (Å²) >= 11 is 5.81.